The normalized spacial score (nSPS) is 10.4. The van der Waals surface area contributed by atoms with Crippen molar-refractivity contribution in [1.29, 1.82) is 0 Å². The van der Waals surface area contributed by atoms with Crippen molar-refractivity contribution in [3.8, 4) is 0 Å². The van der Waals surface area contributed by atoms with E-state index in [1.54, 1.807) is 12.1 Å². The molecule has 9 nitrogen and oxygen atoms in total. The van der Waals surface area contributed by atoms with Crippen molar-refractivity contribution < 1.29 is 4.79 Å². The van der Waals surface area contributed by atoms with Gasteiger partial charge in [-0.2, -0.15) is 5.10 Å². The molecule has 9 heteroatoms. The minimum Gasteiger partial charge on any atom is -0.370 e. The second-order valence-electron chi connectivity index (χ2n) is 5.99. The maximum atomic E-state index is 12.1. The van der Waals surface area contributed by atoms with Crippen molar-refractivity contribution >= 4 is 28.9 Å². The van der Waals surface area contributed by atoms with E-state index in [-0.39, 0.29) is 18.0 Å². The zero-order valence-electron chi connectivity index (χ0n) is 15.6. The molecule has 0 saturated heterocycles. The third-order valence-corrected chi connectivity index (χ3v) is 3.72. The Balaban J connectivity index is 1.63. The summed E-state index contributed by atoms with van der Waals surface area (Å²) in [5.41, 5.74) is 1.11. The van der Waals surface area contributed by atoms with E-state index >= 15 is 0 Å². The maximum Gasteiger partial charge on any atom is 0.267 e. The average Bonchev–Trinajstić information content (AvgIpc) is 2.65. The molecule has 0 fully saturated rings. The van der Waals surface area contributed by atoms with Gasteiger partial charge in [-0.25, -0.2) is 14.6 Å². The van der Waals surface area contributed by atoms with Gasteiger partial charge in [-0.3, -0.25) is 9.59 Å². The first-order valence-corrected chi connectivity index (χ1v) is 8.82. The van der Waals surface area contributed by atoms with Gasteiger partial charge in [0.2, 0.25) is 5.91 Å². The first-order valence-electron chi connectivity index (χ1n) is 8.82. The van der Waals surface area contributed by atoms with Gasteiger partial charge in [0.05, 0.1) is 0 Å². The summed E-state index contributed by atoms with van der Waals surface area (Å²) in [6.45, 7) is 4.46. The number of anilines is 4. The van der Waals surface area contributed by atoms with Gasteiger partial charge in [-0.05, 0) is 44.2 Å². The molecule has 28 heavy (non-hydrogen) atoms. The van der Waals surface area contributed by atoms with Crippen LogP contribution in [0.25, 0.3) is 0 Å². The zero-order valence-corrected chi connectivity index (χ0v) is 15.6. The van der Waals surface area contributed by atoms with Crippen LogP contribution < -0.4 is 21.5 Å². The zero-order chi connectivity index (χ0) is 19.9. The molecule has 2 aromatic heterocycles. The van der Waals surface area contributed by atoms with E-state index < -0.39 is 0 Å². The van der Waals surface area contributed by atoms with E-state index in [2.05, 4.69) is 31.0 Å². The standard InChI is InChI=1S/C19H21N7O2/c1-3-20-16-11-17(23-13(2)22-16)24-14-6-8-15(9-7-14)25-18(27)12-26-19(28)5-4-10-21-26/h4-11H,3,12H2,1-2H3,(H,25,27)(H2,20,22,23,24). The number of nitrogens with zero attached hydrogens (tertiary/aromatic N) is 4. The molecule has 0 unspecified atom stereocenters. The molecule has 0 spiro atoms. The highest BCUT2D eigenvalue weighted by Gasteiger charge is 2.06. The van der Waals surface area contributed by atoms with Crippen molar-refractivity contribution in [1.82, 2.24) is 19.7 Å². The monoisotopic (exact) mass is 379 g/mol. The first kappa shape index (κ1) is 19.0. The van der Waals surface area contributed by atoms with Crippen LogP contribution in [-0.2, 0) is 11.3 Å². The Hall–Kier alpha value is -3.75. The van der Waals surface area contributed by atoms with Crippen LogP contribution in [0.2, 0.25) is 0 Å². The summed E-state index contributed by atoms with van der Waals surface area (Å²) >= 11 is 0. The molecular weight excluding hydrogens is 358 g/mol. The fourth-order valence-corrected chi connectivity index (χ4v) is 2.53. The van der Waals surface area contributed by atoms with E-state index in [4.69, 9.17) is 0 Å². The lowest BCUT2D eigenvalue weighted by Gasteiger charge is -2.10. The number of aryl methyl sites for hydroxylation is 1. The Morgan fingerprint density at radius 2 is 1.79 bits per heavy atom. The molecule has 1 amide bonds. The van der Waals surface area contributed by atoms with Gasteiger partial charge >= 0.3 is 0 Å². The van der Waals surface area contributed by atoms with Crippen molar-refractivity contribution in [2.75, 3.05) is 22.5 Å². The van der Waals surface area contributed by atoms with Gasteiger partial charge in [0.25, 0.3) is 5.56 Å². The lowest BCUT2D eigenvalue weighted by atomic mass is 10.2. The lowest BCUT2D eigenvalue weighted by molar-refractivity contribution is -0.117. The van der Waals surface area contributed by atoms with Crippen LogP contribution in [0.5, 0.6) is 0 Å². The van der Waals surface area contributed by atoms with Crippen LogP contribution in [0.15, 0.2) is 53.5 Å². The number of amides is 1. The number of hydrogen-bond acceptors (Lipinski definition) is 7. The quantitative estimate of drug-likeness (QED) is 0.576. The number of nitrogens with one attached hydrogen (secondary N) is 3. The third kappa shape index (κ3) is 5.13. The number of carbonyl (C=O) groups is 1. The molecule has 0 aliphatic carbocycles. The van der Waals surface area contributed by atoms with Gasteiger partial charge in [0.15, 0.2) is 0 Å². The predicted molar refractivity (Wildman–Crippen MR) is 108 cm³/mol. The Morgan fingerprint density at radius 1 is 1.07 bits per heavy atom. The fraction of sp³-hybridized carbons (Fsp3) is 0.211. The molecule has 0 saturated carbocycles. The summed E-state index contributed by atoms with van der Waals surface area (Å²) in [5.74, 6) is 1.76. The lowest BCUT2D eigenvalue weighted by Crippen LogP contribution is -2.28. The average molecular weight is 379 g/mol. The van der Waals surface area contributed by atoms with Crippen LogP contribution >= 0.6 is 0 Å². The molecule has 0 atom stereocenters. The summed E-state index contributed by atoms with van der Waals surface area (Å²) in [6, 6.07) is 11.9. The third-order valence-electron chi connectivity index (χ3n) is 3.72. The van der Waals surface area contributed by atoms with Gasteiger partial charge in [0.1, 0.15) is 24.0 Å². The summed E-state index contributed by atoms with van der Waals surface area (Å²) < 4.78 is 1.10. The summed E-state index contributed by atoms with van der Waals surface area (Å²) in [5, 5.41) is 13.0. The molecule has 2 heterocycles. The van der Waals surface area contributed by atoms with E-state index in [0.717, 1.165) is 22.7 Å². The van der Waals surface area contributed by atoms with Gasteiger partial charge < -0.3 is 16.0 Å². The van der Waals surface area contributed by atoms with Crippen LogP contribution in [0.3, 0.4) is 0 Å². The highest BCUT2D eigenvalue weighted by atomic mass is 16.2. The Morgan fingerprint density at radius 3 is 2.50 bits per heavy atom. The second-order valence-corrected chi connectivity index (χ2v) is 5.99. The number of rotatable bonds is 7. The number of hydrogen-bond donors (Lipinski definition) is 3. The summed E-state index contributed by atoms with van der Waals surface area (Å²) in [6.07, 6.45) is 1.46. The number of benzene rings is 1. The molecule has 1 aromatic carbocycles. The largest absolute Gasteiger partial charge is 0.370 e. The van der Waals surface area contributed by atoms with Crippen LogP contribution in [-0.4, -0.2) is 32.2 Å². The first-order chi connectivity index (χ1) is 13.5. The van der Waals surface area contributed by atoms with E-state index in [0.29, 0.717) is 17.3 Å². The van der Waals surface area contributed by atoms with Crippen LogP contribution in [0.4, 0.5) is 23.0 Å². The number of aromatic nitrogens is 4. The second kappa shape index (κ2) is 8.76. The molecular formula is C19H21N7O2. The molecule has 3 N–H and O–H groups in total. The Kier molecular flexibility index (Phi) is 5.95. The SMILES string of the molecule is CCNc1cc(Nc2ccc(NC(=O)Cn3ncccc3=O)cc2)nc(C)n1. The molecule has 3 rings (SSSR count). The molecule has 3 aromatic rings. The van der Waals surface area contributed by atoms with Crippen LogP contribution in [0, 0.1) is 6.92 Å². The van der Waals surface area contributed by atoms with Crippen molar-refractivity contribution in [2.24, 2.45) is 0 Å². The van der Waals surface area contributed by atoms with Crippen molar-refractivity contribution in [3.63, 3.8) is 0 Å². The molecule has 0 bridgehead atoms. The van der Waals surface area contributed by atoms with E-state index in [1.807, 2.05) is 32.0 Å². The highest BCUT2D eigenvalue weighted by molar-refractivity contribution is 5.90. The predicted octanol–water partition coefficient (Wildman–Crippen LogP) is 2.16. The minimum atomic E-state index is -0.330. The number of carbonyl (C=O) groups excluding carboxylic acids is 1. The molecule has 144 valence electrons. The van der Waals surface area contributed by atoms with Crippen molar-refractivity contribution in [2.45, 2.75) is 20.4 Å². The van der Waals surface area contributed by atoms with Crippen molar-refractivity contribution in [3.05, 3.63) is 64.8 Å². The van der Waals surface area contributed by atoms with Crippen LogP contribution in [0.1, 0.15) is 12.7 Å². The summed E-state index contributed by atoms with van der Waals surface area (Å²) in [4.78, 5) is 32.4. The summed E-state index contributed by atoms with van der Waals surface area (Å²) in [7, 11) is 0. The van der Waals surface area contributed by atoms with E-state index in [9.17, 15) is 9.59 Å². The molecule has 0 aliphatic heterocycles. The fourth-order valence-electron chi connectivity index (χ4n) is 2.53. The topological polar surface area (TPSA) is 114 Å². The van der Waals surface area contributed by atoms with Gasteiger partial charge in [-0.1, -0.05) is 0 Å². The van der Waals surface area contributed by atoms with Gasteiger partial charge in [-0.15, -0.1) is 0 Å². The molecule has 0 aliphatic rings. The maximum absolute atomic E-state index is 12.1. The Bertz CT molecular complexity index is 1020. The molecule has 0 radical (unpaired) electrons. The van der Waals surface area contributed by atoms with E-state index in [1.165, 1.54) is 18.3 Å². The highest BCUT2D eigenvalue weighted by Crippen LogP contribution is 2.19. The Labute approximate surface area is 161 Å². The smallest absolute Gasteiger partial charge is 0.267 e. The van der Waals surface area contributed by atoms with Gasteiger partial charge in [0, 0.05) is 36.2 Å². The minimum absolute atomic E-state index is 0.146.